The van der Waals surface area contributed by atoms with Crippen LogP contribution in [0.15, 0.2) is 0 Å². The van der Waals surface area contributed by atoms with Crippen LogP contribution in [0.2, 0.25) is 0 Å². The molecule has 0 aromatic rings. The van der Waals surface area contributed by atoms with Crippen molar-refractivity contribution in [1.29, 1.82) is 5.26 Å². The predicted octanol–water partition coefficient (Wildman–Crippen LogP) is 1.22. The van der Waals surface area contributed by atoms with E-state index in [-0.39, 0.29) is 0 Å². The van der Waals surface area contributed by atoms with Gasteiger partial charge in [-0.1, -0.05) is 12.8 Å². The zero-order chi connectivity index (χ0) is 9.36. The van der Waals surface area contributed by atoms with Gasteiger partial charge < -0.3 is 9.84 Å². The minimum Gasteiger partial charge on any atom is -0.388 e. The first-order valence-corrected chi connectivity index (χ1v) is 4.94. The van der Waals surface area contributed by atoms with E-state index >= 15 is 0 Å². The van der Waals surface area contributed by atoms with Crippen molar-refractivity contribution in [2.45, 2.75) is 37.7 Å². The van der Waals surface area contributed by atoms with E-state index in [2.05, 4.69) is 6.07 Å². The van der Waals surface area contributed by atoms with Crippen LogP contribution in [0.4, 0.5) is 0 Å². The van der Waals surface area contributed by atoms with Crippen LogP contribution >= 0.6 is 0 Å². The molecule has 3 heteroatoms. The maximum Gasteiger partial charge on any atom is 0.111 e. The van der Waals surface area contributed by atoms with Gasteiger partial charge in [0, 0.05) is 6.61 Å². The molecule has 1 atom stereocenters. The SMILES string of the molecule is N#CC1(C2(O)CCCC2)CCOC1. The van der Waals surface area contributed by atoms with Crippen LogP contribution in [0, 0.1) is 16.7 Å². The highest BCUT2D eigenvalue weighted by molar-refractivity contribution is 5.14. The molecule has 2 aliphatic rings. The average Bonchev–Trinajstić information content (AvgIpc) is 2.73. The first-order valence-electron chi connectivity index (χ1n) is 4.94. The second-order valence-corrected chi connectivity index (χ2v) is 4.24. The van der Waals surface area contributed by atoms with Crippen molar-refractivity contribution in [3.63, 3.8) is 0 Å². The molecule has 13 heavy (non-hydrogen) atoms. The Balaban J connectivity index is 2.25. The van der Waals surface area contributed by atoms with Crippen molar-refractivity contribution in [3.05, 3.63) is 0 Å². The van der Waals surface area contributed by atoms with Gasteiger partial charge in [0.25, 0.3) is 0 Å². The van der Waals surface area contributed by atoms with E-state index in [0.29, 0.717) is 19.6 Å². The minimum atomic E-state index is -0.766. The maximum absolute atomic E-state index is 10.3. The third-order valence-electron chi connectivity index (χ3n) is 3.56. The van der Waals surface area contributed by atoms with Gasteiger partial charge in [-0.05, 0) is 19.3 Å². The van der Waals surface area contributed by atoms with Gasteiger partial charge in [-0.3, -0.25) is 0 Å². The van der Waals surface area contributed by atoms with Crippen molar-refractivity contribution in [3.8, 4) is 6.07 Å². The number of hydrogen-bond acceptors (Lipinski definition) is 3. The largest absolute Gasteiger partial charge is 0.388 e. The summed E-state index contributed by atoms with van der Waals surface area (Å²) in [4.78, 5) is 0. The number of rotatable bonds is 1. The number of hydrogen-bond donors (Lipinski definition) is 1. The Morgan fingerprint density at radius 3 is 2.38 bits per heavy atom. The standard InChI is InChI=1S/C10H15NO2/c11-7-9(5-6-13-8-9)10(12)3-1-2-4-10/h12H,1-6,8H2. The van der Waals surface area contributed by atoms with Crippen LogP contribution in [0.3, 0.4) is 0 Å². The summed E-state index contributed by atoms with van der Waals surface area (Å²) in [5.41, 5.74) is -1.37. The molecule has 1 saturated heterocycles. The van der Waals surface area contributed by atoms with Crippen LogP contribution in [-0.4, -0.2) is 23.9 Å². The Bertz CT molecular complexity index is 232. The van der Waals surface area contributed by atoms with Crippen molar-refractivity contribution in [1.82, 2.24) is 0 Å². The predicted molar refractivity (Wildman–Crippen MR) is 46.9 cm³/mol. The van der Waals surface area contributed by atoms with Crippen LogP contribution in [-0.2, 0) is 4.74 Å². The van der Waals surface area contributed by atoms with Crippen LogP contribution in [0.5, 0.6) is 0 Å². The second-order valence-electron chi connectivity index (χ2n) is 4.24. The molecule has 72 valence electrons. The molecule has 0 spiro atoms. The third-order valence-corrected chi connectivity index (χ3v) is 3.56. The zero-order valence-electron chi connectivity index (χ0n) is 7.75. The Morgan fingerprint density at radius 2 is 1.92 bits per heavy atom. The fourth-order valence-corrected chi connectivity index (χ4v) is 2.56. The second kappa shape index (κ2) is 2.97. The summed E-state index contributed by atoms with van der Waals surface area (Å²) in [6.07, 6.45) is 4.31. The van der Waals surface area contributed by atoms with E-state index in [1.807, 2.05) is 0 Å². The van der Waals surface area contributed by atoms with Crippen LogP contribution in [0.25, 0.3) is 0 Å². The van der Waals surface area contributed by atoms with Gasteiger partial charge in [0.1, 0.15) is 5.41 Å². The molecule has 1 aliphatic carbocycles. The molecule has 1 N–H and O–H groups in total. The molecule has 0 aromatic carbocycles. The molecule has 2 rings (SSSR count). The third kappa shape index (κ3) is 1.17. The lowest BCUT2D eigenvalue weighted by molar-refractivity contribution is -0.0521. The highest BCUT2D eigenvalue weighted by Gasteiger charge is 2.54. The van der Waals surface area contributed by atoms with E-state index in [1.165, 1.54) is 0 Å². The first kappa shape index (κ1) is 8.98. The van der Waals surface area contributed by atoms with Gasteiger partial charge >= 0.3 is 0 Å². The van der Waals surface area contributed by atoms with Crippen LogP contribution in [0.1, 0.15) is 32.1 Å². The van der Waals surface area contributed by atoms with Gasteiger partial charge in [-0.2, -0.15) is 5.26 Å². The molecular weight excluding hydrogens is 166 g/mol. The Hall–Kier alpha value is -0.590. The van der Waals surface area contributed by atoms with Gasteiger partial charge in [0.05, 0.1) is 18.3 Å². The lowest BCUT2D eigenvalue weighted by Crippen LogP contribution is -2.45. The molecule has 1 saturated carbocycles. The van der Waals surface area contributed by atoms with Gasteiger partial charge in [-0.15, -0.1) is 0 Å². The lowest BCUT2D eigenvalue weighted by atomic mass is 9.71. The fraction of sp³-hybridized carbons (Fsp3) is 0.900. The van der Waals surface area contributed by atoms with Gasteiger partial charge in [0.15, 0.2) is 0 Å². The molecule has 2 fully saturated rings. The van der Waals surface area contributed by atoms with Crippen molar-refractivity contribution < 1.29 is 9.84 Å². The zero-order valence-corrected chi connectivity index (χ0v) is 7.75. The van der Waals surface area contributed by atoms with Crippen LogP contribution < -0.4 is 0 Å². The monoisotopic (exact) mass is 181 g/mol. The molecule has 3 nitrogen and oxygen atoms in total. The summed E-state index contributed by atoms with van der Waals surface area (Å²) in [6, 6.07) is 2.28. The smallest absolute Gasteiger partial charge is 0.111 e. The van der Waals surface area contributed by atoms with Crippen molar-refractivity contribution in [2.24, 2.45) is 5.41 Å². The van der Waals surface area contributed by atoms with E-state index in [1.54, 1.807) is 0 Å². The van der Waals surface area contributed by atoms with Gasteiger partial charge in [-0.25, -0.2) is 0 Å². The molecule has 0 bridgehead atoms. The normalized spacial score (nSPS) is 37.5. The Morgan fingerprint density at radius 1 is 1.23 bits per heavy atom. The Kier molecular flexibility index (Phi) is 2.05. The lowest BCUT2D eigenvalue weighted by Gasteiger charge is -2.35. The number of aliphatic hydroxyl groups is 1. The average molecular weight is 181 g/mol. The highest BCUT2D eigenvalue weighted by atomic mass is 16.5. The number of nitriles is 1. The topological polar surface area (TPSA) is 53.2 Å². The van der Waals surface area contributed by atoms with Gasteiger partial charge in [0.2, 0.25) is 0 Å². The number of ether oxygens (including phenoxy) is 1. The summed E-state index contributed by atoms with van der Waals surface area (Å²) in [5, 5.41) is 19.5. The first-order chi connectivity index (χ1) is 6.22. The molecule has 0 amide bonds. The molecule has 1 aliphatic heterocycles. The fourth-order valence-electron chi connectivity index (χ4n) is 2.56. The van der Waals surface area contributed by atoms with Crippen molar-refractivity contribution in [2.75, 3.05) is 13.2 Å². The molecular formula is C10H15NO2. The molecule has 0 radical (unpaired) electrons. The minimum absolute atomic E-state index is 0.417. The summed E-state index contributed by atoms with van der Waals surface area (Å²) < 4.78 is 5.25. The highest BCUT2D eigenvalue weighted by Crippen LogP contribution is 2.48. The number of nitrogens with zero attached hydrogens (tertiary/aromatic N) is 1. The summed E-state index contributed by atoms with van der Waals surface area (Å²) in [6.45, 7) is 1.04. The van der Waals surface area contributed by atoms with Crippen molar-refractivity contribution >= 4 is 0 Å². The van der Waals surface area contributed by atoms with E-state index < -0.39 is 11.0 Å². The van der Waals surface area contributed by atoms with E-state index in [9.17, 15) is 5.11 Å². The molecule has 1 heterocycles. The summed E-state index contributed by atoms with van der Waals surface area (Å²) in [5.74, 6) is 0. The summed E-state index contributed by atoms with van der Waals surface area (Å²) >= 11 is 0. The molecule has 1 unspecified atom stereocenters. The quantitative estimate of drug-likeness (QED) is 0.661. The van der Waals surface area contributed by atoms with E-state index in [4.69, 9.17) is 10.00 Å². The Labute approximate surface area is 78.3 Å². The molecule has 0 aromatic heterocycles. The maximum atomic E-state index is 10.3. The van der Waals surface area contributed by atoms with E-state index in [0.717, 1.165) is 25.7 Å². The summed E-state index contributed by atoms with van der Waals surface area (Å²) in [7, 11) is 0.